The normalized spacial score (nSPS) is 12.5. The molecule has 3 nitrogen and oxygen atoms in total. The first-order chi connectivity index (χ1) is 6.09. The Morgan fingerprint density at radius 3 is 2.85 bits per heavy atom. The van der Waals surface area contributed by atoms with Crippen LogP contribution in [0.5, 0.6) is 0 Å². The van der Waals surface area contributed by atoms with Crippen molar-refractivity contribution in [3.63, 3.8) is 0 Å². The molecular weight excluding hydrogens is 301 g/mol. The van der Waals surface area contributed by atoms with Gasteiger partial charge in [-0.2, -0.15) is 0 Å². The van der Waals surface area contributed by atoms with Crippen molar-refractivity contribution in [2.45, 2.75) is 3.91 Å². The molecule has 0 heterocycles. The zero-order valence-electron chi connectivity index (χ0n) is 6.61. The molecule has 0 radical (unpaired) electrons. The van der Waals surface area contributed by atoms with Crippen LogP contribution >= 0.6 is 15.9 Å². The number of hydrogen-bond donors (Lipinski definition) is 2. The van der Waals surface area contributed by atoms with E-state index in [0.29, 0.717) is 5.56 Å². The predicted molar refractivity (Wildman–Crippen MR) is 55.3 cm³/mol. The Kier molecular flexibility index (Phi) is 3.93. The Balaban J connectivity index is 2.85. The molecule has 0 bridgehead atoms. The summed E-state index contributed by atoms with van der Waals surface area (Å²) < 4.78 is 0.413. The first-order valence-corrected chi connectivity index (χ1v) is 6.24. The average Bonchev–Trinajstić information content (AvgIpc) is 2.03. The molecule has 0 saturated carbocycles. The fraction of sp³-hybridized carbons (Fsp3) is 0.125. The molecule has 5 heteroatoms. The van der Waals surface area contributed by atoms with Gasteiger partial charge in [0.05, 0.1) is 0 Å². The number of alkyl halides is 1. The molecule has 0 aliphatic heterocycles. The third-order valence-electron chi connectivity index (χ3n) is 1.35. The minimum atomic E-state index is -0.525. The van der Waals surface area contributed by atoms with Gasteiger partial charge < -0.3 is 0 Å². The van der Waals surface area contributed by atoms with Gasteiger partial charge in [-0.1, -0.05) is 0 Å². The summed E-state index contributed by atoms with van der Waals surface area (Å²) in [7, 11) is 0. The van der Waals surface area contributed by atoms with Crippen molar-refractivity contribution in [2.75, 3.05) is 0 Å². The zero-order chi connectivity index (χ0) is 9.84. The van der Waals surface area contributed by atoms with Gasteiger partial charge >= 0.3 is 90.6 Å². The summed E-state index contributed by atoms with van der Waals surface area (Å²) in [5.74, 6) is -0.443. The van der Waals surface area contributed by atoms with Gasteiger partial charge in [0.25, 0.3) is 0 Å². The van der Waals surface area contributed by atoms with Crippen molar-refractivity contribution in [2.24, 2.45) is 5.73 Å². The maximum absolute atomic E-state index is 10.8. The summed E-state index contributed by atoms with van der Waals surface area (Å²) in [6.07, 6.45) is 0. The van der Waals surface area contributed by atoms with Crippen LogP contribution in [0.25, 0.3) is 0 Å². The standard InChI is InChI=1S/C8H8BrNO2Se/c9-8(12)13-6-3-1-2-5(4-6)7(10)11/h1-4,8,12H,(H2,10,11). The van der Waals surface area contributed by atoms with Crippen LogP contribution < -0.4 is 10.2 Å². The monoisotopic (exact) mass is 309 g/mol. The molecule has 1 aromatic rings. The fourth-order valence-corrected chi connectivity index (χ4v) is 3.17. The Morgan fingerprint density at radius 2 is 2.31 bits per heavy atom. The zero-order valence-corrected chi connectivity index (χ0v) is 9.90. The Bertz CT molecular complexity index is 317. The van der Waals surface area contributed by atoms with Gasteiger partial charge in [0, 0.05) is 0 Å². The summed E-state index contributed by atoms with van der Waals surface area (Å²) in [4.78, 5) is 10.8. The number of primary amides is 1. The molecule has 0 saturated heterocycles. The molecule has 0 aromatic heterocycles. The van der Waals surface area contributed by atoms with Gasteiger partial charge in [0.15, 0.2) is 0 Å². The van der Waals surface area contributed by atoms with Crippen molar-refractivity contribution in [3.05, 3.63) is 29.8 Å². The molecule has 13 heavy (non-hydrogen) atoms. The molecular formula is C8H8BrNO2Se. The van der Waals surface area contributed by atoms with Crippen LogP contribution in [0.2, 0.25) is 0 Å². The van der Waals surface area contributed by atoms with Crippen LogP contribution in [0.4, 0.5) is 0 Å². The third kappa shape index (κ3) is 3.48. The molecule has 0 aliphatic rings. The van der Waals surface area contributed by atoms with Crippen LogP contribution in [-0.2, 0) is 0 Å². The number of halogens is 1. The second kappa shape index (κ2) is 4.77. The third-order valence-corrected chi connectivity index (χ3v) is 3.83. The van der Waals surface area contributed by atoms with E-state index in [1.807, 2.05) is 6.07 Å². The Morgan fingerprint density at radius 1 is 1.62 bits per heavy atom. The van der Waals surface area contributed by atoms with E-state index in [1.54, 1.807) is 18.2 Å². The maximum atomic E-state index is 10.8. The van der Waals surface area contributed by atoms with E-state index < -0.39 is 9.82 Å². The number of hydrogen-bond acceptors (Lipinski definition) is 2. The van der Waals surface area contributed by atoms with Crippen molar-refractivity contribution in [1.29, 1.82) is 0 Å². The molecule has 1 atom stereocenters. The van der Waals surface area contributed by atoms with Crippen molar-refractivity contribution in [3.8, 4) is 0 Å². The number of rotatable bonds is 3. The summed E-state index contributed by atoms with van der Waals surface area (Å²) in [6, 6.07) is 6.97. The summed E-state index contributed by atoms with van der Waals surface area (Å²) in [6.45, 7) is 0. The van der Waals surface area contributed by atoms with Gasteiger partial charge in [-0.3, -0.25) is 0 Å². The van der Waals surface area contributed by atoms with Crippen molar-refractivity contribution >= 4 is 41.3 Å². The van der Waals surface area contributed by atoms with E-state index in [-0.39, 0.29) is 15.0 Å². The van der Waals surface area contributed by atoms with E-state index >= 15 is 0 Å². The number of amides is 1. The average molecular weight is 309 g/mol. The predicted octanol–water partition coefficient (Wildman–Crippen LogP) is -0.214. The number of aliphatic hydroxyl groups is 1. The van der Waals surface area contributed by atoms with Crippen molar-refractivity contribution in [1.82, 2.24) is 0 Å². The van der Waals surface area contributed by atoms with E-state index in [1.165, 1.54) is 0 Å². The molecule has 3 N–H and O–H groups in total. The Hall–Kier alpha value is -0.351. The van der Waals surface area contributed by atoms with Crippen molar-refractivity contribution < 1.29 is 9.90 Å². The van der Waals surface area contributed by atoms with E-state index in [4.69, 9.17) is 10.8 Å². The van der Waals surface area contributed by atoms with Crippen LogP contribution in [0.3, 0.4) is 0 Å². The number of nitrogens with two attached hydrogens (primary N) is 1. The fourth-order valence-electron chi connectivity index (χ4n) is 0.835. The van der Waals surface area contributed by atoms with Crippen LogP contribution in [0.1, 0.15) is 10.4 Å². The van der Waals surface area contributed by atoms with Crippen LogP contribution in [0, 0.1) is 0 Å². The molecule has 1 aromatic carbocycles. The van der Waals surface area contributed by atoms with Gasteiger partial charge in [0.1, 0.15) is 0 Å². The first kappa shape index (κ1) is 10.7. The minimum absolute atomic E-state index is 0.0918. The molecule has 70 valence electrons. The van der Waals surface area contributed by atoms with Gasteiger partial charge in [-0.15, -0.1) is 0 Å². The molecule has 1 amide bonds. The summed E-state index contributed by atoms with van der Waals surface area (Å²) in [5.41, 5.74) is 5.59. The summed E-state index contributed by atoms with van der Waals surface area (Å²) in [5, 5.41) is 9.06. The first-order valence-electron chi connectivity index (χ1n) is 3.48. The quantitative estimate of drug-likeness (QED) is 0.599. The van der Waals surface area contributed by atoms with Crippen LogP contribution in [-0.4, -0.2) is 29.9 Å². The van der Waals surface area contributed by atoms with Gasteiger partial charge in [-0.25, -0.2) is 0 Å². The Labute approximate surface area is 90.6 Å². The number of benzene rings is 1. The topological polar surface area (TPSA) is 63.3 Å². The number of carbonyl (C=O) groups excluding carboxylic acids is 1. The molecule has 0 aliphatic carbocycles. The SMILES string of the molecule is NC(=O)c1cccc([Se]C(O)Br)c1. The van der Waals surface area contributed by atoms with E-state index in [0.717, 1.165) is 4.46 Å². The molecule has 1 unspecified atom stereocenters. The molecule has 0 spiro atoms. The number of aliphatic hydroxyl groups excluding tert-OH is 1. The second-order valence-corrected chi connectivity index (χ2v) is 6.95. The van der Waals surface area contributed by atoms with E-state index in [2.05, 4.69) is 15.9 Å². The molecule has 0 fully saturated rings. The second-order valence-electron chi connectivity index (χ2n) is 2.30. The molecule has 1 rings (SSSR count). The van der Waals surface area contributed by atoms with Gasteiger partial charge in [-0.05, 0) is 0 Å². The van der Waals surface area contributed by atoms with Gasteiger partial charge in [0.2, 0.25) is 0 Å². The van der Waals surface area contributed by atoms with E-state index in [9.17, 15) is 4.79 Å². The summed E-state index contributed by atoms with van der Waals surface area (Å²) >= 11 is 2.95. The number of carbonyl (C=O) groups is 1. The van der Waals surface area contributed by atoms with Crippen LogP contribution in [0.15, 0.2) is 24.3 Å².